The van der Waals surface area contributed by atoms with Crippen LogP contribution in [0, 0.1) is 11.2 Å². The summed E-state index contributed by atoms with van der Waals surface area (Å²) in [5, 5.41) is -0.710. The summed E-state index contributed by atoms with van der Waals surface area (Å²) in [4.78, 5) is 0.126. The highest BCUT2D eigenvalue weighted by Crippen LogP contribution is 2.63. The predicted octanol–water partition coefficient (Wildman–Crippen LogP) is 1.65. The highest BCUT2D eigenvalue weighted by molar-refractivity contribution is 7.92. The summed E-state index contributed by atoms with van der Waals surface area (Å²) in [6, 6.07) is 5.77. The van der Waals surface area contributed by atoms with E-state index in [9.17, 15) is 12.8 Å². The Labute approximate surface area is 129 Å². The Morgan fingerprint density at radius 2 is 2.00 bits per heavy atom. The molecule has 0 bridgehead atoms. The molecule has 1 aliphatic rings. The van der Waals surface area contributed by atoms with E-state index in [1.165, 1.54) is 19.2 Å². The Morgan fingerprint density at radius 1 is 1.43 bits per heavy atom. The van der Waals surface area contributed by atoms with Crippen LogP contribution in [0.4, 0.5) is 4.39 Å². The van der Waals surface area contributed by atoms with Gasteiger partial charge < -0.3 is 10.5 Å². The molecule has 0 saturated heterocycles. The Kier molecular flexibility index (Phi) is 4.37. The van der Waals surface area contributed by atoms with Gasteiger partial charge in [-0.25, -0.2) is 12.8 Å². The maximum atomic E-state index is 13.1. The molecule has 1 saturated carbocycles. The molecule has 0 unspecified atom stereocenters. The van der Waals surface area contributed by atoms with Crippen molar-refractivity contribution in [2.45, 2.75) is 18.1 Å². The van der Waals surface area contributed by atoms with Gasteiger partial charge in [0.25, 0.3) is 0 Å². The molecule has 0 amide bonds. The summed E-state index contributed by atoms with van der Waals surface area (Å²) >= 11 is 5.12. The van der Waals surface area contributed by atoms with Gasteiger partial charge in [0.1, 0.15) is 5.82 Å². The molecule has 0 spiro atoms. The molecule has 4 nitrogen and oxygen atoms in total. The highest BCUT2D eigenvalue weighted by Gasteiger charge is 2.72. The van der Waals surface area contributed by atoms with E-state index in [0.717, 1.165) is 0 Å². The van der Waals surface area contributed by atoms with Gasteiger partial charge >= 0.3 is 0 Å². The number of thiocarbonyl (C=S) groups is 1. The van der Waals surface area contributed by atoms with Gasteiger partial charge in [-0.3, -0.25) is 0 Å². The average Bonchev–Trinajstić information content (AvgIpc) is 3.11. The molecule has 1 aromatic rings. The first-order valence-corrected chi connectivity index (χ1v) is 8.69. The third-order valence-corrected chi connectivity index (χ3v) is 6.77. The second-order valence-corrected chi connectivity index (χ2v) is 8.09. The van der Waals surface area contributed by atoms with Crippen LogP contribution < -0.4 is 5.73 Å². The van der Waals surface area contributed by atoms with Gasteiger partial charge in [0.05, 0.1) is 22.3 Å². The van der Waals surface area contributed by atoms with Crippen LogP contribution in [0.15, 0.2) is 24.3 Å². The number of rotatable bonds is 6. The summed E-state index contributed by atoms with van der Waals surface area (Å²) < 4.78 is 43.0. The molecule has 1 aliphatic carbocycles. The zero-order valence-electron chi connectivity index (χ0n) is 11.9. The zero-order chi connectivity index (χ0) is 15.8. The Bertz CT molecular complexity index is 645. The molecule has 0 aromatic heterocycles. The number of methoxy groups -OCH3 is 1. The van der Waals surface area contributed by atoms with Crippen molar-refractivity contribution in [2.24, 2.45) is 11.1 Å². The normalized spacial score (nSPS) is 28.3. The molecule has 2 rings (SSSR count). The van der Waals surface area contributed by atoms with Crippen LogP contribution in [0.5, 0.6) is 0 Å². The Balaban J connectivity index is 2.51. The number of ether oxygens (including phenoxy) is 1. The number of nitrogens with two attached hydrogens (primary N) is 1. The van der Waals surface area contributed by atoms with Crippen LogP contribution in [0.1, 0.15) is 18.4 Å². The maximum Gasteiger partial charge on any atom is 0.154 e. The van der Waals surface area contributed by atoms with Crippen LogP contribution >= 0.6 is 12.2 Å². The minimum absolute atomic E-state index is 0.00341. The van der Waals surface area contributed by atoms with E-state index in [1.807, 2.05) is 0 Å². The standard InChI is InChI=1S/C14H18FNO3S2/c1-3-21(17,18)12-11(9-4-6-10(15)7-5-9)14(12,8-19-2)13(16)20/h4-7,11-12H,3,8H2,1-2H3,(H2,16,20)/t11-,12-,14+/m0/s1. The predicted molar refractivity (Wildman–Crippen MR) is 83.5 cm³/mol. The van der Waals surface area contributed by atoms with Crippen molar-refractivity contribution in [1.82, 2.24) is 0 Å². The molecule has 1 aromatic carbocycles. The minimum atomic E-state index is -3.35. The van der Waals surface area contributed by atoms with E-state index in [0.29, 0.717) is 5.56 Å². The van der Waals surface area contributed by atoms with Crippen molar-refractivity contribution in [3.63, 3.8) is 0 Å². The lowest BCUT2D eigenvalue weighted by molar-refractivity contribution is 0.166. The first-order valence-electron chi connectivity index (χ1n) is 6.57. The maximum absolute atomic E-state index is 13.1. The average molecular weight is 331 g/mol. The van der Waals surface area contributed by atoms with E-state index < -0.39 is 20.5 Å². The summed E-state index contributed by atoms with van der Waals surface area (Å²) in [7, 11) is -1.87. The van der Waals surface area contributed by atoms with Crippen LogP contribution in [-0.2, 0) is 14.6 Å². The molecule has 7 heteroatoms. The topological polar surface area (TPSA) is 69.4 Å². The molecular formula is C14H18FNO3S2. The second kappa shape index (κ2) is 5.62. The first-order chi connectivity index (χ1) is 9.81. The van der Waals surface area contributed by atoms with Gasteiger partial charge in [-0.1, -0.05) is 31.3 Å². The summed E-state index contributed by atoms with van der Waals surface area (Å²) in [5.74, 6) is -0.758. The van der Waals surface area contributed by atoms with Crippen molar-refractivity contribution in [2.75, 3.05) is 19.5 Å². The van der Waals surface area contributed by atoms with Crippen LogP contribution in [0.2, 0.25) is 0 Å². The molecule has 1 fully saturated rings. The summed E-state index contributed by atoms with van der Waals surface area (Å²) in [6.07, 6.45) is 0. The van der Waals surface area contributed by atoms with E-state index in [1.54, 1.807) is 19.1 Å². The Hall–Kier alpha value is -1.05. The van der Waals surface area contributed by atoms with Crippen molar-refractivity contribution in [1.29, 1.82) is 0 Å². The van der Waals surface area contributed by atoms with Crippen LogP contribution in [0.3, 0.4) is 0 Å². The number of benzene rings is 1. The fourth-order valence-corrected chi connectivity index (χ4v) is 5.49. The SMILES string of the molecule is CCS(=O)(=O)[C@H]1[C@H](c2ccc(F)cc2)[C@@]1(COC)C(N)=S. The van der Waals surface area contributed by atoms with Gasteiger partial charge in [-0.05, 0) is 17.7 Å². The Morgan fingerprint density at radius 3 is 2.43 bits per heavy atom. The summed E-state index contributed by atoms with van der Waals surface area (Å²) in [5.41, 5.74) is 5.64. The van der Waals surface area contributed by atoms with E-state index >= 15 is 0 Å². The fraction of sp³-hybridized carbons (Fsp3) is 0.500. The largest absolute Gasteiger partial charge is 0.393 e. The van der Waals surface area contributed by atoms with Gasteiger partial charge in [-0.2, -0.15) is 0 Å². The number of hydrogen-bond acceptors (Lipinski definition) is 4. The van der Waals surface area contributed by atoms with E-state index in [-0.39, 0.29) is 29.1 Å². The molecule has 0 aliphatic heterocycles. The van der Waals surface area contributed by atoms with Crippen molar-refractivity contribution in [3.05, 3.63) is 35.6 Å². The monoisotopic (exact) mass is 331 g/mol. The number of sulfone groups is 1. The number of halogens is 1. The van der Waals surface area contributed by atoms with Gasteiger partial charge in [0.2, 0.25) is 0 Å². The lowest BCUT2D eigenvalue weighted by Gasteiger charge is -2.15. The zero-order valence-corrected chi connectivity index (χ0v) is 13.5. The van der Waals surface area contributed by atoms with Crippen LogP contribution in [0.25, 0.3) is 0 Å². The molecular weight excluding hydrogens is 313 g/mol. The first kappa shape index (κ1) is 16.3. The minimum Gasteiger partial charge on any atom is -0.393 e. The quantitative estimate of drug-likeness (QED) is 0.803. The molecule has 21 heavy (non-hydrogen) atoms. The van der Waals surface area contributed by atoms with Crippen molar-refractivity contribution in [3.8, 4) is 0 Å². The lowest BCUT2D eigenvalue weighted by atomic mass is 10.00. The van der Waals surface area contributed by atoms with Crippen molar-refractivity contribution < 1.29 is 17.5 Å². The van der Waals surface area contributed by atoms with Crippen LogP contribution in [-0.4, -0.2) is 38.1 Å². The molecule has 0 heterocycles. The molecule has 3 atom stereocenters. The van der Waals surface area contributed by atoms with Crippen molar-refractivity contribution >= 4 is 27.0 Å². The smallest absolute Gasteiger partial charge is 0.154 e. The van der Waals surface area contributed by atoms with Gasteiger partial charge in [-0.15, -0.1) is 0 Å². The van der Waals surface area contributed by atoms with E-state index in [4.69, 9.17) is 22.7 Å². The molecule has 0 radical (unpaired) electrons. The fourth-order valence-electron chi connectivity index (χ4n) is 3.03. The van der Waals surface area contributed by atoms with E-state index in [2.05, 4.69) is 0 Å². The van der Waals surface area contributed by atoms with Gasteiger partial charge in [0, 0.05) is 18.8 Å². The third-order valence-electron chi connectivity index (χ3n) is 4.12. The number of hydrogen-bond donors (Lipinski definition) is 1. The highest BCUT2D eigenvalue weighted by atomic mass is 32.2. The van der Waals surface area contributed by atoms with Gasteiger partial charge in [0.15, 0.2) is 9.84 Å². The second-order valence-electron chi connectivity index (χ2n) is 5.24. The summed E-state index contributed by atoms with van der Waals surface area (Å²) in [6.45, 7) is 1.72. The molecule has 2 N–H and O–H groups in total. The molecule has 116 valence electrons. The lowest BCUT2D eigenvalue weighted by Crippen LogP contribution is -2.33. The third kappa shape index (κ3) is 2.58.